The molecule has 0 atom stereocenters. The van der Waals surface area contributed by atoms with E-state index in [2.05, 4.69) is 15.5 Å². The smallest absolute Gasteiger partial charge is 0.407 e. The van der Waals surface area contributed by atoms with Crippen molar-refractivity contribution >= 4 is 23.4 Å². The number of phenolic OH excluding ortho intramolecular Hbond substituents is 1. The molecule has 0 saturated carbocycles. The lowest BCUT2D eigenvalue weighted by Crippen LogP contribution is -2.26. The number of ether oxygens (including phenoxy) is 1. The zero-order valence-electron chi connectivity index (χ0n) is 14.2. The van der Waals surface area contributed by atoms with Crippen molar-refractivity contribution in [2.75, 3.05) is 13.2 Å². The zero-order chi connectivity index (χ0) is 18.9. The number of aromatic hydroxyl groups is 1. The third-order valence-electron chi connectivity index (χ3n) is 3.40. The summed E-state index contributed by atoms with van der Waals surface area (Å²) in [6.07, 6.45) is 0.0179. The molecule has 0 aromatic heterocycles. The molecule has 2 aromatic carbocycles. The fourth-order valence-electron chi connectivity index (χ4n) is 2.15. The topological polar surface area (TPSA) is 121 Å². The number of nitrogens with one attached hydrogen (secondary N) is 1. The Bertz CT molecular complexity index is 820. The number of phenols is 1. The Morgan fingerprint density at radius 2 is 1.85 bits per heavy atom. The summed E-state index contributed by atoms with van der Waals surface area (Å²) in [5.74, 6) is -1.19. The van der Waals surface area contributed by atoms with Crippen LogP contribution in [0.3, 0.4) is 0 Å². The quantitative estimate of drug-likeness (QED) is 0.651. The lowest BCUT2D eigenvalue weighted by atomic mass is 10.1. The lowest BCUT2D eigenvalue weighted by molar-refractivity contribution is 0.0697. The van der Waals surface area contributed by atoms with Gasteiger partial charge in [0.2, 0.25) is 0 Å². The number of benzene rings is 2. The summed E-state index contributed by atoms with van der Waals surface area (Å²) in [7, 11) is 0. The van der Waals surface area contributed by atoms with Gasteiger partial charge in [-0.3, -0.25) is 0 Å². The molecular formula is C18H19N3O5. The van der Waals surface area contributed by atoms with Crippen molar-refractivity contribution in [1.82, 2.24) is 5.32 Å². The molecule has 0 unspecified atom stereocenters. The number of amides is 1. The molecule has 0 aliphatic carbocycles. The first-order valence-corrected chi connectivity index (χ1v) is 7.98. The van der Waals surface area contributed by atoms with Gasteiger partial charge in [-0.05, 0) is 43.2 Å². The summed E-state index contributed by atoms with van der Waals surface area (Å²) in [6, 6.07) is 11.0. The van der Waals surface area contributed by atoms with Gasteiger partial charge in [-0.25, -0.2) is 9.59 Å². The average Bonchev–Trinajstić information content (AvgIpc) is 2.62. The molecule has 1 amide bonds. The summed E-state index contributed by atoms with van der Waals surface area (Å²) in [5, 5.41) is 29.5. The lowest BCUT2D eigenvalue weighted by Gasteiger charge is -2.06. The first kappa shape index (κ1) is 18.9. The van der Waals surface area contributed by atoms with E-state index in [9.17, 15) is 14.7 Å². The van der Waals surface area contributed by atoms with Crippen molar-refractivity contribution in [2.24, 2.45) is 10.2 Å². The molecule has 0 bridgehead atoms. The third-order valence-corrected chi connectivity index (χ3v) is 3.40. The van der Waals surface area contributed by atoms with Crippen molar-refractivity contribution in [3.8, 4) is 5.75 Å². The second-order valence-electron chi connectivity index (χ2n) is 5.24. The van der Waals surface area contributed by atoms with Crippen LogP contribution in [-0.2, 0) is 11.2 Å². The predicted molar refractivity (Wildman–Crippen MR) is 94.4 cm³/mol. The monoisotopic (exact) mass is 357 g/mol. The molecule has 2 aromatic rings. The molecule has 8 heteroatoms. The van der Waals surface area contributed by atoms with Crippen molar-refractivity contribution in [3.63, 3.8) is 0 Å². The standard InChI is InChI=1S/C18H19N3O5/c1-2-26-18(25)19-10-9-12-7-8-16(22)15(11-12)21-20-14-6-4-3-5-13(14)17(23)24/h3-8,11,22H,2,9-10H2,1H3,(H,19,25)(H,23,24). The van der Waals surface area contributed by atoms with Crippen molar-refractivity contribution in [1.29, 1.82) is 0 Å². The molecule has 0 heterocycles. The molecule has 26 heavy (non-hydrogen) atoms. The molecule has 3 N–H and O–H groups in total. The van der Waals surface area contributed by atoms with Crippen LogP contribution in [0.25, 0.3) is 0 Å². The predicted octanol–water partition coefficient (Wildman–Crippen LogP) is 3.79. The van der Waals surface area contributed by atoms with Gasteiger partial charge >= 0.3 is 12.1 Å². The second kappa shape index (κ2) is 9.16. The number of carbonyl (C=O) groups excluding carboxylic acids is 1. The number of carbonyl (C=O) groups is 2. The fourth-order valence-corrected chi connectivity index (χ4v) is 2.15. The van der Waals surface area contributed by atoms with Crippen molar-refractivity contribution in [3.05, 3.63) is 53.6 Å². The van der Waals surface area contributed by atoms with Gasteiger partial charge in [-0.2, -0.15) is 0 Å². The van der Waals surface area contributed by atoms with Gasteiger partial charge in [0.1, 0.15) is 17.1 Å². The van der Waals surface area contributed by atoms with Gasteiger partial charge in [-0.15, -0.1) is 10.2 Å². The van der Waals surface area contributed by atoms with Gasteiger partial charge in [0.05, 0.1) is 12.2 Å². The molecule has 0 aliphatic heterocycles. The van der Waals surface area contributed by atoms with Crippen molar-refractivity contribution in [2.45, 2.75) is 13.3 Å². The number of aromatic carboxylic acids is 1. The molecule has 0 spiro atoms. The summed E-state index contributed by atoms with van der Waals surface area (Å²) < 4.78 is 4.77. The van der Waals surface area contributed by atoms with Gasteiger partial charge < -0.3 is 20.3 Å². The van der Waals surface area contributed by atoms with E-state index < -0.39 is 12.1 Å². The first-order valence-electron chi connectivity index (χ1n) is 7.98. The van der Waals surface area contributed by atoms with E-state index in [-0.39, 0.29) is 22.7 Å². The van der Waals surface area contributed by atoms with E-state index >= 15 is 0 Å². The molecule has 0 radical (unpaired) electrons. The van der Waals surface area contributed by atoms with E-state index in [1.807, 2.05) is 0 Å². The Labute approximate surface area is 150 Å². The number of hydrogen-bond acceptors (Lipinski definition) is 6. The normalized spacial score (nSPS) is 10.7. The number of rotatable bonds is 7. The van der Waals surface area contributed by atoms with Crippen LogP contribution in [0.4, 0.5) is 16.2 Å². The van der Waals surface area contributed by atoms with Gasteiger partial charge in [0.15, 0.2) is 0 Å². The first-order chi connectivity index (χ1) is 12.5. The van der Waals surface area contributed by atoms with Crippen LogP contribution < -0.4 is 5.32 Å². The highest BCUT2D eigenvalue weighted by atomic mass is 16.5. The van der Waals surface area contributed by atoms with E-state index in [0.717, 1.165) is 5.56 Å². The van der Waals surface area contributed by atoms with E-state index in [1.54, 1.807) is 31.2 Å². The number of alkyl carbamates (subject to hydrolysis) is 1. The molecule has 0 saturated heterocycles. The van der Waals surface area contributed by atoms with Crippen LogP contribution in [0, 0.1) is 0 Å². The van der Waals surface area contributed by atoms with Gasteiger partial charge in [0.25, 0.3) is 0 Å². The van der Waals surface area contributed by atoms with Crippen LogP contribution in [-0.4, -0.2) is 35.4 Å². The van der Waals surface area contributed by atoms with Crippen LogP contribution in [0.1, 0.15) is 22.8 Å². The number of nitrogens with zero attached hydrogens (tertiary/aromatic N) is 2. The molecular weight excluding hydrogens is 338 g/mol. The highest BCUT2D eigenvalue weighted by Gasteiger charge is 2.09. The van der Waals surface area contributed by atoms with E-state index in [0.29, 0.717) is 19.6 Å². The van der Waals surface area contributed by atoms with Crippen LogP contribution in [0.2, 0.25) is 0 Å². The summed E-state index contributed by atoms with van der Waals surface area (Å²) in [4.78, 5) is 22.4. The van der Waals surface area contributed by atoms with Crippen molar-refractivity contribution < 1.29 is 24.5 Å². The van der Waals surface area contributed by atoms with Crippen LogP contribution in [0.5, 0.6) is 5.75 Å². The second-order valence-corrected chi connectivity index (χ2v) is 5.24. The summed E-state index contributed by atoms with van der Waals surface area (Å²) in [6.45, 7) is 2.38. The SMILES string of the molecule is CCOC(=O)NCCc1ccc(O)c(N=Nc2ccccc2C(=O)O)c1. The Morgan fingerprint density at radius 1 is 1.12 bits per heavy atom. The molecule has 0 aliphatic rings. The van der Waals surface area contributed by atoms with Crippen LogP contribution >= 0.6 is 0 Å². The Balaban J connectivity index is 2.10. The zero-order valence-corrected chi connectivity index (χ0v) is 14.2. The minimum atomic E-state index is -1.11. The molecule has 2 rings (SSSR count). The van der Waals surface area contributed by atoms with Crippen LogP contribution in [0.15, 0.2) is 52.7 Å². The Morgan fingerprint density at radius 3 is 2.58 bits per heavy atom. The summed E-state index contributed by atoms with van der Waals surface area (Å²) in [5.41, 5.74) is 1.23. The number of hydrogen-bond donors (Lipinski definition) is 3. The fraction of sp³-hybridized carbons (Fsp3) is 0.222. The third kappa shape index (κ3) is 5.30. The summed E-state index contributed by atoms with van der Waals surface area (Å²) >= 11 is 0. The minimum Gasteiger partial charge on any atom is -0.506 e. The van der Waals surface area contributed by atoms with E-state index in [4.69, 9.17) is 9.84 Å². The number of carboxylic acid groups (broad SMARTS) is 1. The Kier molecular flexibility index (Phi) is 6.67. The van der Waals surface area contributed by atoms with Gasteiger partial charge in [-0.1, -0.05) is 18.2 Å². The maximum Gasteiger partial charge on any atom is 0.407 e. The maximum atomic E-state index is 11.2. The number of carboxylic acids is 1. The maximum absolute atomic E-state index is 11.2. The molecule has 136 valence electrons. The largest absolute Gasteiger partial charge is 0.506 e. The highest BCUT2D eigenvalue weighted by molar-refractivity contribution is 5.93. The minimum absolute atomic E-state index is 0.0190. The molecule has 0 fully saturated rings. The van der Waals surface area contributed by atoms with E-state index in [1.165, 1.54) is 18.2 Å². The number of azo groups is 1. The average molecular weight is 357 g/mol. The highest BCUT2D eigenvalue weighted by Crippen LogP contribution is 2.30. The Hall–Kier alpha value is -3.42. The van der Waals surface area contributed by atoms with Gasteiger partial charge in [0, 0.05) is 6.54 Å². The molecule has 8 nitrogen and oxygen atoms in total.